The molecule has 0 saturated heterocycles. The number of carbonyl (C=O) groups excluding carboxylic acids is 1. The van der Waals surface area contributed by atoms with Crippen LogP contribution < -0.4 is 10.2 Å². The van der Waals surface area contributed by atoms with Crippen LogP contribution in [0, 0.1) is 12.3 Å². The predicted octanol–water partition coefficient (Wildman–Crippen LogP) is 1.62. The molecule has 20 heavy (non-hydrogen) atoms. The minimum atomic E-state index is -1.01. The Morgan fingerprint density at radius 3 is 2.90 bits per heavy atom. The van der Waals surface area contributed by atoms with E-state index in [2.05, 4.69) is 11.2 Å². The van der Waals surface area contributed by atoms with Crippen LogP contribution in [0.2, 0.25) is 0 Å². The van der Waals surface area contributed by atoms with Crippen LogP contribution in [0.4, 0.5) is 10.5 Å². The summed E-state index contributed by atoms with van der Waals surface area (Å²) in [4.78, 5) is 24.9. The highest BCUT2D eigenvalue weighted by Gasteiger charge is 2.38. The van der Waals surface area contributed by atoms with Crippen LogP contribution in [0.15, 0.2) is 24.3 Å². The molecule has 2 unspecified atom stereocenters. The van der Waals surface area contributed by atoms with E-state index < -0.39 is 18.0 Å². The number of urea groups is 1. The number of terminal acetylenes is 1. The van der Waals surface area contributed by atoms with Crippen molar-refractivity contribution < 1.29 is 14.7 Å². The van der Waals surface area contributed by atoms with Crippen LogP contribution in [0.25, 0.3) is 0 Å². The van der Waals surface area contributed by atoms with Crippen molar-refractivity contribution in [3.05, 3.63) is 29.8 Å². The van der Waals surface area contributed by atoms with Crippen molar-refractivity contribution in [3.63, 3.8) is 0 Å². The van der Waals surface area contributed by atoms with Gasteiger partial charge in [-0.1, -0.05) is 18.2 Å². The molecule has 0 spiro atoms. The standard InChI is InChI=1S/C15H16N2O3/c1-3-6-10(2)16-15(20)17-12-8-5-4-7-11(12)9-13(17)14(18)19/h1,4-5,7-8,10,13H,6,9H2,2H3,(H,16,20)(H,18,19). The van der Waals surface area contributed by atoms with E-state index in [9.17, 15) is 14.7 Å². The van der Waals surface area contributed by atoms with Crippen LogP contribution in [0.3, 0.4) is 0 Å². The fourth-order valence-corrected chi connectivity index (χ4v) is 2.34. The Morgan fingerprint density at radius 2 is 2.25 bits per heavy atom. The summed E-state index contributed by atoms with van der Waals surface area (Å²) in [6, 6.07) is 5.71. The van der Waals surface area contributed by atoms with E-state index in [1.54, 1.807) is 19.1 Å². The normalized spacial score (nSPS) is 18.0. The first kappa shape index (κ1) is 13.9. The minimum absolute atomic E-state index is 0.199. The first-order valence-corrected chi connectivity index (χ1v) is 6.38. The van der Waals surface area contributed by atoms with Gasteiger partial charge in [0.2, 0.25) is 0 Å². The first-order valence-electron chi connectivity index (χ1n) is 6.38. The molecule has 1 heterocycles. The van der Waals surface area contributed by atoms with E-state index in [0.717, 1.165) is 5.56 Å². The summed E-state index contributed by atoms with van der Waals surface area (Å²) < 4.78 is 0. The average Bonchev–Trinajstić information content (AvgIpc) is 2.78. The molecule has 104 valence electrons. The lowest BCUT2D eigenvalue weighted by molar-refractivity contribution is -0.138. The van der Waals surface area contributed by atoms with Gasteiger partial charge in [0.25, 0.3) is 0 Å². The maximum absolute atomic E-state index is 12.3. The molecule has 0 aromatic heterocycles. The zero-order valence-electron chi connectivity index (χ0n) is 11.2. The maximum Gasteiger partial charge on any atom is 0.327 e. The number of fused-ring (bicyclic) bond motifs is 1. The van der Waals surface area contributed by atoms with Crippen molar-refractivity contribution in [2.45, 2.75) is 31.8 Å². The van der Waals surface area contributed by atoms with Gasteiger partial charge in [0.1, 0.15) is 6.04 Å². The Bertz CT molecular complexity index is 577. The molecule has 1 aliphatic rings. The number of carboxylic acid groups (broad SMARTS) is 1. The molecule has 0 saturated carbocycles. The van der Waals surface area contributed by atoms with E-state index >= 15 is 0 Å². The Labute approximate surface area is 117 Å². The maximum atomic E-state index is 12.3. The summed E-state index contributed by atoms with van der Waals surface area (Å²) in [7, 11) is 0. The highest BCUT2D eigenvalue weighted by Crippen LogP contribution is 2.32. The van der Waals surface area contributed by atoms with Gasteiger partial charge >= 0.3 is 12.0 Å². The summed E-state index contributed by atoms with van der Waals surface area (Å²) in [6.45, 7) is 1.79. The lowest BCUT2D eigenvalue weighted by Gasteiger charge is -2.24. The number of nitrogens with one attached hydrogen (secondary N) is 1. The van der Waals surface area contributed by atoms with Gasteiger partial charge < -0.3 is 10.4 Å². The van der Waals surface area contributed by atoms with Crippen molar-refractivity contribution in [3.8, 4) is 12.3 Å². The first-order chi connectivity index (χ1) is 9.54. The average molecular weight is 272 g/mol. The molecule has 2 atom stereocenters. The second-order valence-electron chi connectivity index (χ2n) is 4.82. The number of rotatable bonds is 3. The zero-order valence-corrected chi connectivity index (χ0v) is 11.2. The van der Waals surface area contributed by atoms with Gasteiger partial charge in [-0.05, 0) is 18.6 Å². The molecular weight excluding hydrogens is 256 g/mol. The van der Waals surface area contributed by atoms with Gasteiger partial charge in [-0.15, -0.1) is 12.3 Å². The largest absolute Gasteiger partial charge is 0.480 e. The summed E-state index contributed by atoms with van der Waals surface area (Å²) >= 11 is 0. The van der Waals surface area contributed by atoms with E-state index in [0.29, 0.717) is 18.5 Å². The number of carbonyl (C=O) groups is 2. The number of benzene rings is 1. The second-order valence-corrected chi connectivity index (χ2v) is 4.82. The van der Waals surface area contributed by atoms with Crippen LogP contribution in [-0.2, 0) is 11.2 Å². The van der Waals surface area contributed by atoms with E-state index in [-0.39, 0.29) is 6.04 Å². The van der Waals surface area contributed by atoms with Crippen molar-refractivity contribution >= 4 is 17.7 Å². The summed E-state index contributed by atoms with van der Waals surface area (Å²) in [6.07, 6.45) is 5.93. The lowest BCUT2D eigenvalue weighted by atomic mass is 10.1. The minimum Gasteiger partial charge on any atom is -0.480 e. The third-order valence-corrected chi connectivity index (χ3v) is 3.27. The molecule has 0 aliphatic carbocycles. The van der Waals surface area contributed by atoms with Gasteiger partial charge in [-0.3, -0.25) is 4.90 Å². The molecule has 1 aromatic carbocycles. The number of nitrogens with zero attached hydrogens (tertiary/aromatic N) is 1. The molecule has 0 bridgehead atoms. The van der Waals surface area contributed by atoms with Crippen molar-refractivity contribution in [1.82, 2.24) is 5.32 Å². The Morgan fingerprint density at radius 1 is 1.55 bits per heavy atom. The molecule has 0 radical (unpaired) electrons. The Balaban J connectivity index is 2.25. The summed E-state index contributed by atoms with van der Waals surface area (Å²) in [5.41, 5.74) is 1.50. The predicted molar refractivity (Wildman–Crippen MR) is 75.5 cm³/mol. The van der Waals surface area contributed by atoms with Crippen LogP contribution in [-0.4, -0.2) is 29.2 Å². The van der Waals surface area contributed by atoms with Gasteiger partial charge in [-0.2, -0.15) is 0 Å². The summed E-state index contributed by atoms with van der Waals surface area (Å²) in [5, 5.41) is 12.0. The Kier molecular flexibility index (Phi) is 3.94. The smallest absolute Gasteiger partial charge is 0.327 e. The molecular formula is C15H16N2O3. The third kappa shape index (κ3) is 2.59. The monoisotopic (exact) mass is 272 g/mol. The number of aliphatic carboxylic acids is 1. The SMILES string of the molecule is C#CCC(C)NC(=O)N1c2ccccc2CC1C(=O)O. The molecule has 5 heteroatoms. The number of anilines is 1. The third-order valence-electron chi connectivity index (χ3n) is 3.27. The van der Waals surface area contributed by atoms with E-state index in [1.807, 2.05) is 12.1 Å². The number of carboxylic acids is 1. The molecule has 2 amide bonds. The number of para-hydroxylation sites is 1. The highest BCUT2D eigenvalue weighted by atomic mass is 16.4. The number of hydrogen-bond donors (Lipinski definition) is 2. The number of hydrogen-bond acceptors (Lipinski definition) is 2. The molecule has 2 N–H and O–H groups in total. The summed E-state index contributed by atoms with van der Waals surface area (Å²) in [5.74, 6) is 1.45. The van der Waals surface area contributed by atoms with Gasteiger partial charge in [0.05, 0.1) is 0 Å². The molecule has 1 aromatic rings. The lowest BCUT2D eigenvalue weighted by Crippen LogP contribution is -2.50. The van der Waals surface area contributed by atoms with Gasteiger partial charge in [0.15, 0.2) is 0 Å². The molecule has 2 rings (SSSR count). The van der Waals surface area contributed by atoms with E-state index in [4.69, 9.17) is 6.42 Å². The fraction of sp³-hybridized carbons (Fsp3) is 0.333. The van der Waals surface area contributed by atoms with Gasteiger partial charge in [0, 0.05) is 24.6 Å². The number of amides is 2. The van der Waals surface area contributed by atoms with Gasteiger partial charge in [-0.25, -0.2) is 9.59 Å². The zero-order chi connectivity index (χ0) is 14.7. The highest BCUT2D eigenvalue weighted by molar-refractivity contribution is 6.01. The van der Waals surface area contributed by atoms with Crippen LogP contribution in [0.5, 0.6) is 0 Å². The topological polar surface area (TPSA) is 69.6 Å². The Hall–Kier alpha value is -2.48. The van der Waals surface area contributed by atoms with Crippen molar-refractivity contribution in [2.75, 3.05) is 4.90 Å². The van der Waals surface area contributed by atoms with Crippen molar-refractivity contribution in [2.24, 2.45) is 0 Å². The molecule has 0 fully saturated rings. The second kappa shape index (κ2) is 5.66. The molecule has 5 nitrogen and oxygen atoms in total. The fourth-order valence-electron chi connectivity index (χ4n) is 2.34. The molecule has 1 aliphatic heterocycles. The van der Waals surface area contributed by atoms with Crippen molar-refractivity contribution in [1.29, 1.82) is 0 Å². The van der Waals surface area contributed by atoms with Crippen LogP contribution >= 0.6 is 0 Å². The van der Waals surface area contributed by atoms with Crippen LogP contribution in [0.1, 0.15) is 18.9 Å². The quantitative estimate of drug-likeness (QED) is 0.822. The van der Waals surface area contributed by atoms with E-state index in [1.165, 1.54) is 4.90 Å².